The van der Waals surface area contributed by atoms with E-state index in [1.54, 1.807) is 33.9 Å². The highest BCUT2D eigenvalue weighted by Crippen LogP contribution is 2.40. The van der Waals surface area contributed by atoms with Crippen LogP contribution in [-0.2, 0) is 20.6 Å². The summed E-state index contributed by atoms with van der Waals surface area (Å²) in [6.45, 7) is 4.39. The maximum absolute atomic E-state index is 14.6. The maximum Gasteiger partial charge on any atom is 0.155 e. The van der Waals surface area contributed by atoms with E-state index in [0.717, 1.165) is 11.4 Å². The van der Waals surface area contributed by atoms with E-state index in [4.69, 9.17) is 31.5 Å². The fourth-order valence-electron chi connectivity index (χ4n) is 5.99. The minimum Gasteiger partial charge on any atom is -0.382 e. The zero-order valence-corrected chi connectivity index (χ0v) is 23.4. The molecule has 4 N–H and O–H groups in total. The Morgan fingerprint density at radius 3 is 1.60 bits per heavy atom. The Kier molecular flexibility index (Phi) is 7.95. The lowest BCUT2D eigenvalue weighted by Crippen LogP contribution is -2.49. The highest BCUT2D eigenvalue weighted by atomic mass is 19.1. The van der Waals surface area contributed by atoms with Gasteiger partial charge in [-0.25, -0.2) is 8.78 Å². The zero-order valence-electron chi connectivity index (χ0n) is 23.4. The van der Waals surface area contributed by atoms with E-state index in [2.05, 4.69) is 32.3 Å². The quantitative estimate of drug-likeness (QED) is 0.364. The first-order valence-electron chi connectivity index (χ1n) is 13.6. The van der Waals surface area contributed by atoms with E-state index < -0.39 is 23.4 Å². The Labute approximate surface area is 240 Å². The summed E-state index contributed by atoms with van der Waals surface area (Å²) in [5.74, 6) is 0.623. The monoisotopic (exact) mass is 578 g/mol. The molecule has 4 aromatic rings. The van der Waals surface area contributed by atoms with Crippen LogP contribution in [0.15, 0.2) is 24.5 Å². The van der Waals surface area contributed by atoms with Gasteiger partial charge in [0.15, 0.2) is 11.6 Å². The maximum atomic E-state index is 14.6. The van der Waals surface area contributed by atoms with Crippen molar-refractivity contribution in [2.24, 2.45) is 0 Å². The molecule has 4 atom stereocenters. The molecule has 12 nitrogen and oxygen atoms in total. The van der Waals surface area contributed by atoms with E-state index in [1.807, 2.05) is 13.8 Å². The third-order valence-corrected chi connectivity index (χ3v) is 8.29. The van der Waals surface area contributed by atoms with Crippen LogP contribution in [-0.4, -0.2) is 68.3 Å². The fourth-order valence-corrected chi connectivity index (χ4v) is 5.99. The first-order valence-corrected chi connectivity index (χ1v) is 13.6. The fraction of sp³-hybridized carbons (Fsp3) is 0.500. The number of halogens is 2. The van der Waals surface area contributed by atoms with Crippen molar-refractivity contribution in [1.82, 2.24) is 29.5 Å². The molecular weight excluding hydrogens is 546 g/mol. The van der Waals surface area contributed by atoms with Gasteiger partial charge in [0.1, 0.15) is 23.4 Å². The first-order chi connectivity index (χ1) is 20.2. The Hall–Kier alpha value is -4.40. The van der Waals surface area contributed by atoms with Crippen molar-refractivity contribution in [3.05, 3.63) is 35.9 Å². The number of rotatable bonds is 4. The largest absolute Gasteiger partial charge is 0.382 e. The van der Waals surface area contributed by atoms with Crippen molar-refractivity contribution in [2.75, 3.05) is 37.9 Å². The lowest BCUT2D eigenvalue weighted by Gasteiger charge is -2.38. The molecule has 2 aliphatic heterocycles. The number of anilines is 2. The van der Waals surface area contributed by atoms with Crippen molar-refractivity contribution in [1.29, 1.82) is 10.5 Å². The van der Waals surface area contributed by atoms with Crippen molar-refractivity contribution in [3.63, 3.8) is 0 Å². The Morgan fingerprint density at radius 2 is 1.24 bits per heavy atom. The summed E-state index contributed by atoms with van der Waals surface area (Å²) in [4.78, 5) is 8.40. The van der Waals surface area contributed by atoms with Crippen molar-refractivity contribution >= 4 is 33.4 Å². The first kappa shape index (κ1) is 29.1. The molecule has 2 saturated heterocycles. The number of aromatic nitrogens is 6. The molecule has 0 aliphatic carbocycles. The molecule has 0 unspecified atom stereocenters. The SMILES string of the molecule is Cc1nccc2c1c(N)nn2[C@@]1(CC#N)CCOC[C@H]1F.Cc1nccc2c1c(N)nn2[C@]1(CC#N)CCOC[C@@H]1F. The number of nitrogens with zero attached hydrogens (tertiary/aromatic N) is 8. The van der Waals surface area contributed by atoms with Gasteiger partial charge in [-0.3, -0.25) is 19.3 Å². The van der Waals surface area contributed by atoms with E-state index in [0.29, 0.717) is 59.5 Å². The van der Waals surface area contributed by atoms with Crippen LogP contribution < -0.4 is 11.5 Å². The van der Waals surface area contributed by atoms with E-state index in [1.165, 1.54) is 0 Å². The van der Waals surface area contributed by atoms with Crippen molar-refractivity contribution in [3.8, 4) is 12.1 Å². The van der Waals surface area contributed by atoms with E-state index in [9.17, 15) is 8.78 Å². The molecule has 0 amide bonds. The topological polar surface area (TPSA) is 180 Å². The molecule has 6 heterocycles. The van der Waals surface area contributed by atoms with Gasteiger partial charge in [0.2, 0.25) is 0 Å². The zero-order chi connectivity index (χ0) is 30.1. The minimum absolute atomic E-state index is 0.0229. The summed E-state index contributed by atoms with van der Waals surface area (Å²) in [5.41, 5.74) is 12.8. The normalized spacial score (nSPS) is 25.9. The highest BCUT2D eigenvalue weighted by Gasteiger charge is 2.47. The summed E-state index contributed by atoms with van der Waals surface area (Å²) in [7, 11) is 0. The summed E-state index contributed by atoms with van der Waals surface area (Å²) in [6, 6.07) is 7.68. The standard InChI is InChI=1S/2C14H16FN5O/c2*1-9-12-10(2-6-18-9)20(19-13(12)17)14(3-5-16)4-7-21-8-11(14)15/h2*2,6,11H,3-4,7-8H2,1H3,(H2,17,19)/t2*11-,14+/m10/s1. The molecule has 0 spiro atoms. The Morgan fingerprint density at radius 1 is 0.833 bits per heavy atom. The van der Waals surface area contributed by atoms with Crippen molar-refractivity contribution in [2.45, 2.75) is 63.0 Å². The molecule has 0 radical (unpaired) electrons. The highest BCUT2D eigenvalue weighted by molar-refractivity contribution is 5.92. The molecular formula is C28H32F2N10O2. The second kappa shape index (κ2) is 11.5. The summed E-state index contributed by atoms with van der Waals surface area (Å²) < 4.78 is 42.7. The molecule has 220 valence electrons. The third kappa shape index (κ3) is 4.66. The van der Waals surface area contributed by atoms with Crippen LogP contribution in [0.4, 0.5) is 20.4 Å². The number of pyridine rings is 2. The van der Waals surface area contributed by atoms with E-state index in [-0.39, 0.29) is 26.1 Å². The predicted octanol–water partition coefficient (Wildman–Crippen LogP) is 3.38. The second-order valence-corrected chi connectivity index (χ2v) is 10.6. The van der Waals surface area contributed by atoms with Gasteiger partial charge in [0.05, 0.1) is 71.4 Å². The van der Waals surface area contributed by atoms with Crippen LogP contribution in [0.3, 0.4) is 0 Å². The number of hydrogen-bond acceptors (Lipinski definition) is 10. The third-order valence-electron chi connectivity index (χ3n) is 8.29. The van der Waals surface area contributed by atoms with Crippen LogP contribution in [0, 0.1) is 36.5 Å². The molecule has 2 aliphatic rings. The van der Waals surface area contributed by atoms with Crippen LogP contribution in [0.25, 0.3) is 21.8 Å². The van der Waals surface area contributed by atoms with E-state index >= 15 is 0 Å². The molecule has 14 heteroatoms. The number of nitrogen functional groups attached to an aromatic ring is 2. The number of fused-ring (bicyclic) bond motifs is 2. The number of ether oxygens (including phenoxy) is 2. The summed E-state index contributed by atoms with van der Waals surface area (Å²) in [6.07, 6.45) is 1.50. The van der Waals surface area contributed by atoms with Gasteiger partial charge in [-0.1, -0.05) is 0 Å². The molecule has 0 bridgehead atoms. The van der Waals surface area contributed by atoms with Gasteiger partial charge < -0.3 is 20.9 Å². The number of alkyl halides is 2. The smallest absolute Gasteiger partial charge is 0.155 e. The van der Waals surface area contributed by atoms with Gasteiger partial charge in [0, 0.05) is 25.6 Å². The number of nitriles is 2. The van der Waals surface area contributed by atoms with Crippen LogP contribution in [0.5, 0.6) is 0 Å². The average Bonchev–Trinajstić information content (AvgIpc) is 3.51. The molecule has 0 saturated carbocycles. The molecule has 4 aromatic heterocycles. The number of hydrogen-bond donors (Lipinski definition) is 2. The number of aryl methyl sites for hydroxylation is 2. The average molecular weight is 579 g/mol. The minimum atomic E-state index is -1.30. The molecule has 42 heavy (non-hydrogen) atoms. The van der Waals surface area contributed by atoms with Crippen LogP contribution in [0.2, 0.25) is 0 Å². The number of nitrogens with two attached hydrogens (primary N) is 2. The van der Waals surface area contributed by atoms with Crippen molar-refractivity contribution < 1.29 is 18.3 Å². The lowest BCUT2D eigenvalue weighted by atomic mass is 9.85. The second-order valence-electron chi connectivity index (χ2n) is 10.6. The molecule has 2 fully saturated rings. The van der Waals surface area contributed by atoms with Gasteiger partial charge in [-0.05, 0) is 38.8 Å². The lowest BCUT2D eigenvalue weighted by molar-refractivity contribution is -0.0511. The van der Waals surface area contributed by atoms with Gasteiger partial charge in [-0.15, -0.1) is 0 Å². The molecule has 6 rings (SSSR count). The predicted molar refractivity (Wildman–Crippen MR) is 150 cm³/mol. The van der Waals surface area contributed by atoms with Crippen LogP contribution >= 0.6 is 0 Å². The Balaban J connectivity index is 0.000000168. The Bertz CT molecular complexity index is 1570. The summed E-state index contributed by atoms with van der Waals surface area (Å²) in [5, 5.41) is 28.4. The summed E-state index contributed by atoms with van der Waals surface area (Å²) >= 11 is 0. The van der Waals surface area contributed by atoms with Gasteiger partial charge >= 0.3 is 0 Å². The van der Waals surface area contributed by atoms with Gasteiger partial charge in [0.25, 0.3) is 0 Å². The van der Waals surface area contributed by atoms with Crippen LogP contribution in [0.1, 0.15) is 37.1 Å². The molecule has 0 aromatic carbocycles. The van der Waals surface area contributed by atoms with Gasteiger partial charge in [-0.2, -0.15) is 20.7 Å².